The van der Waals surface area contributed by atoms with Crippen molar-refractivity contribution in [3.8, 4) is 0 Å². The zero-order valence-electron chi connectivity index (χ0n) is 14.4. The summed E-state index contributed by atoms with van der Waals surface area (Å²) in [6, 6.07) is 0. The minimum Gasteiger partial charge on any atom is -0.463 e. The summed E-state index contributed by atoms with van der Waals surface area (Å²) in [5.41, 5.74) is 0. The van der Waals surface area contributed by atoms with Gasteiger partial charge in [-0.15, -0.1) is 0 Å². The lowest BCUT2D eigenvalue weighted by Crippen LogP contribution is -2.56. The van der Waals surface area contributed by atoms with Crippen molar-refractivity contribution in [2.45, 2.75) is 51.7 Å². The van der Waals surface area contributed by atoms with Gasteiger partial charge in [-0.05, 0) is 0 Å². The molecule has 0 bridgehead atoms. The summed E-state index contributed by atoms with van der Waals surface area (Å²) < 4.78 is 21.0. The first-order valence-electron chi connectivity index (χ1n) is 7.76. The second-order valence-corrected chi connectivity index (χ2v) is 5.66. The van der Waals surface area contributed by atoms with Crippen LogP contribution in [-0.4, -0.2) is 71.3 Å². The Bertz CT molecular complexity index is 620. The molecule has 5 unspecified atom stereocenters. The van der Waals surface area contributed by atoms with Crippen molar-refractivity contribution in [1.29, 1.82) is 0 Å². The Kier molecular flexibility index (Phi) is 6.16. The van der Waals surface area contributed by atoms with Gasteiger partial charge in [-0.1, -0.05) is 0 Å². The van der Waals surface area contributed by atoms with Crippen molar-refractivity contribution in [1.82, 2.24) is 10.2 Å². The van der Waals surface area contributed by atoms with Gasteiger partial charge in [0.05, 0.1) is 0 Å². The van der Waals surface area contributed by atoms with Crippen LogP contribution >= 0.6 is 0 Å². The number of amides is 1. The summed E-state index contributed by atoms with van der Waals surface area (Å²) in [7, 11) is 0. The lowest BCUT2D eigenvalue weighted by atomic mass is 10.1. The molecule has 1 amide bonds. The van der Waals surface area contributed by atoms with Crippen LogP contribution < -0.4 is 5.32 Å². The topological polar surface area (TPSA) is 141 Å². The van der Waals surface area contributed by atoms with Crippen LogP contribution in [0.25, 0.3) is 0 Å². The Labute approximate surface area is 148 Å². The normalized spacial score (nSPS) is 30.5. The van der Waals surface area contributed by atoms with Gasteiger partial charge in [0, 0.05) is 33.0 Å². The van der Waals surface area contributed by atoms with Gasteiger partial charge in [0.2, 0.25) is 12.3 Å². The number of nitrogens with zero attached hydrogens (tertiary/aromatic N) is 1. The minimum absolute atomic E-state index is 0.262. The number of nitrogens with one attached hydrogen (secondary N) is 1. The number of carbonyl (C=O) groups excluding carboxylic acids is 4. The molecule has 2 N–H and O–H groups in total. The third kappa shape index (κ3) is 4.70. The molecule has 2 aliphatic heterocycles. The summed E-state index contributed by atoms with van der Waals surface area (Å²) in [5.74, 6) is -2.43. The molecule has 5 atom stereocenters. The van der Waals surface area contributed by atoms with E-state index >= 15 is 0 Å². The summed E-state index contributed by atoms with van der Waals surface area (Å²) in [6.45, 7) is 3.26. The molecule has 144 valence electrons. The van der Waals surface area contributed by atoms with Gasteiger partial charge in [0.15, 0.2) is 18.4 Å². The molecule has 2 aliphatic rings. The van der Waals surface area contributed by atoms with E-state index < -0.39 is 54.7 Å². The van der Waals surface area contributed by atoms with Crippen molar-refractivity contribution in [3.63, 3.8) is 0 Å². The van der Waals surface area contributed by atoms with E-state index in [-0.39, 0.29) is 6.61 Å². The number of aliphatic hydroxyl groups excluding tert-OH is 1. The van der Waals surface area contributed by atoms with Crippen LogP contribution in [0, 0.1) is 0 Å². The van der Waals surface area contributed by atoms with E-state index in [0.29, 0.717) is 0 Å². The maximum absolute atomic E-state index is 11.5. The van der Waals surface area contributed by atoms with E-state index in [1.807, 2.05) is 0 Å². The highest BCUT2D eigenvalue weighted by Gasteiger charge is 2.52. The van der Waals surface area contributed by atoms with Gasteiger partial charge < -0.3 is 34.3 Å². The van der Waals surface area contributed by atoms with Crippen LogP contribution in [0.4, 0.5) is 0 Å². The van der Waals surface area contributed by atoms with Crippen LogP contribution in [-0.2, 0) is 38.1 Å². The van der Waals surface area contributed by atoms with Gasteiger partial charge in [0.25, 0.3) is 0 Å². The highest BCUT2D eigenvalue weighted by molar-refractivity contribution is 5.88. The number of aliphatic hydroxyl groups is 1. The lowest BCUT2D eigenvalue weighted by molar-refractivity contribution is -0.176. The third-order valence-electron chi connectivity index (χ3n) is 3.59. The molecule has 0 saturated carbocycles. The van der Waals surface area contributed by atoms with Crippen LogP contribution in [0.15, 0.2) is 12.3 Å². The average molecular weight is 372 g/mol. The largest absolute Gasteiger partial charge is 0.463 e. The number of rotatable bonds is 5. The van der Waals surface area contributed by atoms with Crippen molar-refractivity contribution in [2.75, 3.05) is 6.61 Å². The highest BCUT2D eigenvalue weighted by atomic mass is 16.7. The molecule has 26 heavy (non-hydrogen) atoms. The Morgan fingerprint density at radius 3 is 2.31 bits per heavy atom. The monoisotopic (exact) mass is 372 g/mol. The van der Waals surface area contributed by atoms with E-state index in [9.17, 15) is 24.3 Å². The van der Waals surface area contributed by atoms with Gasteiger partial charge >= 0.3 is 17.9 Å². The molecule has 1 saturated heterocycles. The van der Waals surface area contributed by atoms with Gasteiger partial charge in [-0.2, -0.15) is 0 Å². The van der Waals surface area contributed by atoms with Crippen molar-refractivity contribution in [2.24, 2.45) is 0 Å². The fourth-order valence-corrected chi connectivity index (χ4v) is 2.64. The van der Waals surface area contributed by atoms with Crippen molar-refractivity contribution < 1.29 is 43.2 Å². The van der Waals surface area contributed by atoms with E-state index in [1.54, 1.807) is 0 Å². The molecule has 2 heterocycles. The predicted molar refractivity (Wildman–Crippen MR) is 81.5 cm³/mol. The Morgan fingerprint density at radius 2 is 1.77 bits per heavy atom. The summed E-state index contributed by atoms with van der Waals surface area (Å²) in [4.78, 5) is 46.5. The summed E-state index contributed by atoms with van der Waals surface area (Å²) in [6.07, 6.45) is -3.33. The first kappa shape index (κ1) is 19.7. The van der Waals surface area contributed by atoms with Crippen LogP contribution in [0.2, 0.25) is 0 Å². The maximum Gasteiger partial charge on any atom is 0.303 e. The zero-order chi connectivity index (χ0) is 19.4. The molecule has 0 radical (unpaired) electrons. The standard InChI is InChI=1S/C15H20N2O9/c1-7(18)23-6-10-12(24-8(2)19)13(25-9(3)20)14(26-10)17-5-4-11(21)16-15(17)22/h4-5,10,12-15,22H,6H2,1-3H3,(H,16,21). The molecule has 2 rings (SSSR count). The van der Waals surface area contributed by atoms with E-state index in [1.165, 1.54) is 18.0 Å². The molecule has 0 aromatic carbocycles. The fourth-order valence-electron chi connectivity index (χ4n) is 2.64. The molecular formula is C15H20N2O9. The lowest BCUT2D eigenvalue weighted by Gasteiger charge is -2.36. The number of esters is 3. The Hall–Kier alpha value is -2.66. The molecule has 0 aromatic heterocycles. The minimum atomic E-state index is -1.46. The molecule has 1 fully saturated rings. The average Bonchev–Trinajstić information content (AvgIpc) is 2.82. The highest BCUT2D eigenvalue weighted by Crippen LogP contribution is 2.31. The molecule has 11 heteroatoms. The van der Waals surface area contributed by atoms with Gasteiger partial charge in [0.1, 0.15) is 12.7 Å². The van der Waals surface area contributed by atoms with E-state index in [4.69, 9.17) is 18.9 Å². The van der Waals surface area contributed by atoms with Crippen molar-refractivity contribution in [3.05, 3.63) is 12.3 Å². The number of ether oxygens (including phenoxy) is 4. The van der Waals surface area contributed by atoms with Crippen LogP contribution in [0.1, 0.15) is 20.8 Å². The second-order valence-electron chi connectivity index (χ2n) is 5.66. The zero-order valence-corrected chi connectivity index (χ0v) is 14.4. The van der Waals surface area contributed by atoms with E-state index in [2.05, 4.69) is 5.32 Å². The molecule has 0 spiro atoms. The van der Waals surface area contributed by atoms with Crippen LogP contribution in [0.3, 0.4) is 0 Å². The Morgan fingerprint density at radius 1 is 1.15 bits per heavy atom. The fraction of sp³-hybridized carbons (Fsp3) is 0.600. The third-order valence-corrected chi connectivity index (χ3v) is 3.59. The first-order valence-corrected chi connectivity index (χ1v) is 7.76. The number of hydrogen-bond acceptors (Lipinski definition) is 10. The smallest absolute Gasteiger partial charge is 0.303 e. The molecule has 0 aromatic rings. The SMILES string of the molecule is CC(=O)OCC1OC(N2C=CC(=O)NC2O)C(OC(C)=O)C1OC(C)=O. The van der Waals surface area contributed by atoms with Crippen molar-refractivity contribution >= 4 is 23.8 Å². The number of hydrogen-bond donors (Lipinski definition) is 2. The maximum atomic E-state index is 11.5. The molecule has 11 nitrogen and oxygen atoms in total. The van der Waals surface area contributed by atoms with Gasteiger partial charge in [-0.25, -0.2) is 0 Å². The Balaban J connectivity index is 2.30. The summed E-state index contributed by atoms with van der Waals surface area (Å²) >= 11 is 0. The van der Waals surface area contributed by atoms with Gasteiger partial charge in [-0.3, -0.25) is 19.2 Å². The molecule has 0 aliphatic carbocycles. The summed E-state index contributed by atoms with van der Waals surface area (Å²) in [5, 5.41) is 12.3. The predicted octanol–water partition coefficient (Wildman–Crippen LogP) is -1.64. The number of carbonyl (C=O) groups is 4. The molecular weight excluding hydrogens is 352 g/mol. The second kappa shape index (κ2) is 8.15. The first-order chi connectivity index (χ1) is 12.2. The van der Waals surface area contributed by atoms with E-state index in [0.717, 1.165) is 19.9 Å². The quantitative estimate of drug-likeness (QED) is 0.426. The van der Waals surface area contributed by atoms with Crippen LogP contribution in [0.5, 0.6) is 0 Å².